The maximum Gasteiger partial charge on any atom is 0.410 e. The average molecular weight is 243 g/mol. The largest absolute Gasteiger partial charge is 0.444 e. The number of ether oxygens (including phenoxy) is 1. The summed E-state index contributed by atoms with van der Waals surface area (Å²) in [5.41, 5.74) is -0.382. The van der Waals surface area contributed by atoms with E-state index in [2.05, 4.69) is 6.92 Å². The summed E-state index contributed by atoms with van der Waals surface area (Å²) in [6.45, 7) is 12.7. The van der Waals surface area contributed by atoms with Crippen LogP contribution in [0.1, 0.15) is 67.2 Å². The van der Waals surface area contributed by atoms with Crippen molar-refractivity contribution in [1.82, 2.24) is 4.90 Å². The van der Waals surface area contributed by atoms with E-state index in [1.165, 1.54) is 6.42 Å². The summed E-state index contributed by atoms with van der Waals surface area (Å²) in [6, 6.07) is 0.383. The monoisotopic (exact) mass is 243 g/mol. The van der Waals surface area contributed by atoms with E-state index in [9.17, 15) is 4.79 Å². The summed E-state index contributed by atoms with van der Waals surface area (Å²) < 4.78 is 5.40. The van der Waals surface area contributed by atoms with Crippen LogP contribution in [0.15, 0.2) is 0 Å². The lowest BCUT2D eigenvalue weighted by atomic mass is 10.0. The number of hydrogen-bond acceptors (Lipinski definition) is 2. The molecule has 3 nitrogen and oxygen atoms in total. The number of carbonyl (C=O) groups is 1. The van der Waals surface area contributed by atoms with Gasteiger partial charge < -0.3 is 9.64 Å². The van der Waals surface area contributed by atoms with Crippen LogP contribution >= 0.6 is 0 Å². The van der Waals surface area contributed by atoms with E-state index >= 15 is 0 Å². The third-order valence-corrected chi connectivity index (χ3v) is 2.73. The van der Waals surface area contributed by atoms with Crippen molar-refractivity contribution < 1.29 is 9.53 Å². The SMILES string of the molecule is CC.CCC1CCCCN1C(=O)OC(C)(C)C. The molecule has 0 N–H and O–H groups in total. The molecule has 0 aliphatic carbocycles. The predicted octanol–water partition coefficient (Wildman–Crippen LogP) is 4.21. The summed E-state index contributed by atoms with van der Waals surface area (Å²) >= 11 is 0. The first-order valence-electron chi connectivity index (χ1n) is 6.93. The van der Waals surface area contributed by atoms with E-state index in [1.807, 2.05) is 39.5 Å². The standard InChI is InChI=1S/C12H23NO2.C2H6/c1-5-10-8-6-7-9-13(10)11(14)15-12(2,3)4;1-2/h10H,5-9H2,1-4H3;1-2H3. The summed E-state index contributed by atoms with van der Waals surface area (Å²) in [6.07, 6.45) is 4.34. The van der Waals surface area contributed by atoms with Crippen LogP contribution in [0.25, 0.3) is 0 Å². The number of piperidine rings is 1. The van der Waals surface area contributed by atoms with Gasteiger partial charge in [-0.05, 0) is 46.5 Å². The second kappa shape index (κ2) is 7.57. The lowest BCUT2D eigenvalue weighted by molar-refractivity contribution is 0.00944. The van der Waals surface area contributed by atoms with Crippen LogP contribution in [0, 0.1) is 0 Å². The molecule has 1 aliphatic heterocycles. The van der Waals surface area contributed by atoms with Crippen molar-refractivity contribution in [2.45, 2.75) is 78.9 Å². The Bertz CT molecular complexity index is 221. The fraction of sp³-hybridized carbons (Fsp3) is 0.929. The molecule has 1 amide bonds. The third-order valence-electron chi connectivity index (χ3n) is 2.73. The first-order valence-corrected chi connectivity index (χ1v) is 6.93. The van der Waals surface area contributed by atoms with Crippen molar-refractivity contribution in [1.29, 1.82) is 0 Å². The lowest BCUT2D eigenvalue weighted by Crippen LogP contribution is -2.45. The Morgan fingerprint density at radius 3 is 2.35 bits per heavy atom. The molecule has 1 aliphatic rings. The fourth-order valence-corrected chi connectivity index (χ4v) is 1.99. The number of hydrogen-bond donors (Lipinski definition) is 0. The summed E-state index contributed by atoms with van der Waals surface area (Å²) in [5.74, 6) is 0. The zero-order chi connectivity index (χ0) is 13.5. The second-order valence-corrected chi connectivity index (χ2v) is 5.23. The predicted molar refractivity (Wildman–Crippen MR) is 72.2 cm³/mol. The Labute approximate surface area is 107 Å². The van der Waals surface area contributed by atoms with E-state index < -0.39 is 0 Å². The van der Waals surface area contributed by atoms with Gasteiger partial charge in [-0.2, -0.15) is 0 Å². The molecule has 0 radical (unpaired) electrons. The Morgan fingerprint density at radius 1 is 1.29 bits per heavy atom. The zero-order valence-electron chi connectivity index (χ0n) is 12.4. The first kappa shape index (κ1) is 16.3. The molecular formula is C14H29NO2. The number of nitrogens with zero attached hydrogens (tertiary/aromatic N) is 1. The molecule has 0 spiro atoms. The van der Waals surface area contributed by atoms with Crippen LogP contribution in [0.4, 0.5) is 4.79 Å². The van der Waals surface area contributed by atoms with Gasteiger partial charge in [-0.25, -0.2) is 4.79 Å². The third kappa shape index (κ3) is 5.94. The van der Waals surface area contributed by atoms with Crippen LogP contribution in [-0.2, 0) is 4.74 Å². The molecule has 1 unspecified atom stereocenters. The minimum atomic E-state index is -0.382. The highest BCUT2D eigenvalue weighted by molar-refractivity contribution is 5.68. The molecule has 0 bridgehead atoms. The molecule has 102 valence electrons. The van der Waals surface area contributed by atoms with Gasteiger partial charge in [-0.15, -0.1) is 0 Å². The van der Waals surface area contributed by atoms with E-state index in [4.69, 9.17) is 4.74 Å². The normalized spacial score (nSPS) is 20.4. The number of likely N-dealkylation sites (tertiary alicyclic amines) is 1. The van der Waals surface area contributed by atoms with Crippen LogP contribution in [-0.4, -0.2) is 29.2 Å². The van der Waals surface area contributed by atoms with E-state index in [0.29, 0.717) is 6.04 Å². The molecule has 1 saturated heterocycles. The van der Waals surface area contributed by atoms with Crippen molar-refractivity contribution in [3.63, 3.8) is 0 Å². The summed E-state index contributed by atoms with van der Waals surface area (Å²) in [7, 11) is 0. The minimum absolute atomic E-state index is 0.144. The van der Waals surface area contributed by atoms with Crippen molar-refractivity contribution in [2.75, 3.05) is 6.54 Å². The first-order chi connectivity index (χ1) is 7.94. The molecule has 3 heteroatoms. The number of carbonyl (C=O) groups excluding carboxylic acids is 1. The van der Waals surface area contributed by atoms with E-state index in [0.717, 1.165) is 25.8 Å². The van der Waals surface area contributed by atoms with Crippen molar-refractivity contribution >= 4 is 6.09 Å². The minimum Gasteiger partial charge on any atom is -0.444 e. The second-order valence-electron chi connectivity index (χ2n) is 5.23. The Hall–Kier alpha value is -0.730. The quantitative estimate of drug-likeness (QED) is 0.690. The molecule has 0 aromatic rings. The highest BCUT2D eigenvalue weighted by atomic mass is 16.6. The maximum absolute atomic E-state index is 11.9. The highest BCUT2D eigenvalue weighted by Gasteiger charge is 2.29. The number of rotatable bonds is 1. The van der Waals surface area contributed by atoms with Crippen molar-refractivity contribution in [3.8, 4) is 0 Å². The Morgan fingerprint density at radius 2 is 1.88 bits per heavy atom. The fourth-order valence-electron chi connectivity index (χ4n) is 1.99. The highest BCUT2D eigenvalue weighted by Crippen LogP contribution is 2.21. The molecule has 1 atom stereocenters. The van der Waals surface area contributed by atoms with Crippen molar-refractivity contribution in [3.05, 3.63) is 0 Å². The van der Waals surface area contributed by atoms with Crippen LogP contribution in [0.5, 0.6) is 0 Å². The van der Waals surface area contributed by atoms with Gasteiger partial charge in [0.2, 0.25) is 0 Å². The summed E-state index contributed by atoms with van der Waals surface area (Å²) in [5, 5.41) is 0. The van der Waals surface area contributed by atoms with Gasteiger partial charge in [0.25, 0.3) is 0 Å². The van der Waals surface area contributed by atoms with Gasteiger partial charge in [0, 0.05) is 12.6 Å². The molecule has 0 aromatic carbocycles. The van der Waals surface area contributed by atoms with Gasteiger partial charge in [-0.1, -0.05) is 20.8 Å². The van der Waals surface area contributed by atoms with E-state index in [1.54, 1.807) is 0 Å². The van der Waals surface area contributed by atoms with Crippen LogP contribution in [0.2, 0.25) is 0 Å². The Balaban J connectivity index is 0.00000121. The van der Waals surface area contributed by atoms with Gasteiger partial charge in [0.1, 0.15) is 5.60 Å². The summed E-state index contributed by atoms with van der Waals surface area (Å²) in [4.78, 5) is 13.8. The van der Waals surface area contributed by atoms with E-state index in [-0.39, 0.29) is 11.7 Å². The van der Waals surface area contributed by atoms with Gasteiger partial charge in [0.05, 0.1) is 0 Å². The molecule has 1 fully saturated rings. The Kier molecular flexibility index (Phi) is 7.24. The maximum atomic E-state index is 11.9. The lowest BCUT2D eigenvalue weighted by Gasteiger charge is -2.36. The van der Waals surface area contributed by atoms with Crippen molar-refractivity contribution in [2.24, 2.45) is 0 Å². The smallest absolute Gasteiger partial charge is 0.410 e. The molecule has 0 aromatic heterocycles. The molecular weight excluding hydrogens is 214 g/mol. The molecule has 1 heterocycles. The van der Waals surface area contributed by atoms with Gasteiger partial charge in [-0.3, -0.25) is 0 Å². The molecule has 0 saturated carbocycles. The molecule has 17 heavy (non-hydrogen) atoms. The van der Waals surface area contributed by atoms with Gasteiger partial charge in [0.15, 0.2) is 0 Å². The topological polar surface area (TPSA) is 29.5 Å². The van der Waals surface area contributed by atoms with Crippen LogP contribution in [0.3, 0.4) is 0 Å². The molecule has 1 rings (SSSR count). The zero-order valence-corrected chi connectivity index (χ0v) is 12.4. The van der Waals surface area contributed by atoms with Crippen LogP contribution < -0.4 is 0 Å². The number of amides is 1. The average Bonchev–Trinajstić information content (AvgIpc) is 2.29. The van der Waals surface area contributed by atoms with Gasteiger partial charge >= 0.3 is 6.09 Å².